The molecule has 0 unspecified atom stereocenters. The first kappa shape index (κ1) is 22.0. The van der Waals surface area contributed by atoms with Gasteiger partial charge in [0.05, 0.1) is 11.3 Å². The van der Waals surface area contributed by atoms with E-state index in [1.807, 2.05) is 26.0 Å². The van der Waals surface area contributed by atoms with Crippen LogP contribution in [0.2, 0.25) is 0 Å². The van der Waals surface area contributed by atoms with Crippen LogP contribution in [0.5, 0.6) is 0 Å². The number of carbonyl (C=O) groups excluding carboxylic acids is 3. The Balaban J connectivity index is 1.81. The second kappa shape index (κ2) is 8.70. The number of nitrogens with zero attached hydrogens (tertiary/aromatic N) is 1. The molecule has 3 aromatic carbocycles. The van der Waals surface area contributed by atoms with Crippen LogP contribution in [0, 0.1) is 19.7 Å². The third-order valence-electron chi connectivity index (χ3n) is 5.30. The third kappa shape index (κ3) is 4.39. The molecule has 166 valence electrons. The van der Waals surface area contributed by atoms with Crippen LogP contribution in [0.4, 0.5) is 21.5 Å². The number of hydrogen-bond acceptors (Lipinski definition) is 4. The van der Waals surface area contributed by atoms with Gasteiger partial charge in [0.2, 0.25) is 5.91 Å². The largest absolute Gasteiger partial charge is 0.350 e. The van der Waals surface area contributed by atoms with Crippen LogP contribution in [0.1, 0.15) is 23.6 Å². The number of benzene rings is 3. The summed E-state index contributed by atoms with van der Waals surface area (Å²) in [6, 6.07) is 17.8. The fraction of sp³-hybridized carbons (Fsp3) is 0.115. The highest BCUT2D eigenvalue weighted by Crippen LogP contribution is 2.35. The molecule has 1 aliphatic heterocycles. The zero-order valence-electron chi connectivity index (χ0n) is 18.4. The highest BCUT2D eigenvalue weighted by Gasteiger charge is 2.40. The fourth-order valence-corrected chi connectivity index (χ4v) is 3.69. The van der Waals surface area contributed by atoms with Crippen molar-refractivity contribution in [2.45, 2.75) is 20.8 Å². The van der Waals surface area contributed by atoms with Crippen molar-refractivity contribution in [1.82, 2.24) is 0 Å². The molecule has 3 amide bonds. The molecule has 3 aromatic rings. The van der Waals surface area contributed by atoms with Crippen molar-refractivity contribution in [2.75, 3.05) is 15.5 Å². The first-order chi connectivity index (χ1) is 15.7. The van der Waals surface area contributed by atoms with Crippen molar-refractivity contribution < 1.29 is 18.8 Å². The molecule has 7 heteroatoms. The smallest absolute Gasteiger partial charge is 0.282 e. The molecule has 1 heterocycles. The van der Waals surface area contributed by atoms with Gasteiger partial charge in [-0.2, -0.15) is 0 Å². The van der Waals surface area contributed by atoms with Crippen LogP contribution in [0.3, 0.4) is 0 Å². The Morgan fingerprint density at radius 2 is 1.48 bits per heavy atom. The molecule has 0 saturated carbocycles. The maximum atomic E-state index is 13.6. The second-order valence-corrected chi connectivity index (χ2v) is 7.88. The minimum Gasteiger partial charge on any atom is -0.350 e. The minimum absolute atomic E-state index is 0.0970. The Morgan fingerprint density at radius 3 is 2.12 bits per heavy atom. The van der Waals surface area contributed by atoms with Crippen LogP contribution < -0.4 is 15.5 Å². The van der Waals surface area contributed by atoms with E-state index < -0.39 is 17.6 Å². The Labute approximate surface area is 190 Å². The van der Waals surface area contributed by atoms with E-state index in [9.17, 15) is 18.8 Å². The summed E-state index contributed by atoms with van der Waals surface area (Å²) in [7, 11) is 0. The highest BCUT2D eigenvalue weighted by molar-refractivity contribution is 6.46. The van der Waals surface area contributed by atoms with E-state index in [4.69, 9.17) is 0 Å². The second-order valence-electron chi connectivity index (χ2n) is 7.88. The first-order valence-corrected chi connectivity index (χ1v) is 10.4. The number of hydrogen-bond donors (Lipinski definition) is 2. The van der Waals surface area contributed by atoms with Gasteiger partial charge in [-0.3, -0.25) is 14.4 Å². The average molecular weight is 443 g/mol. The van der Waals surface area contributed by atoms with E-state index in [0.29, 0.717) is 22.6 Å². The number of anilines is 3. The molecule has 0 spiro atoms. The lowest BCUT2D eigenvalue weighted by Gasteiger charge is -2.18. The molecule has 0 aromatic heterocycles. The van der Waals surface area contributed by atoms with Crippen LogP contribution >= 0.6 is 0 Å². The van der Waals surface area contributed by atoms with E-state index in [2.05, 4.69) is 10.6 Å². The zero-order chi connectivity index (χ0) is 23.7. The molecule has 33 heavy (non-hydrogen) atoms. The quantitative estimate of drug-likeness (QED) is 0.556. The number of nitrogens with one attached hydrogen (secondary N) is 2. The van der Waals surface area contributed by atoms with Gasteiger partial charge in [-0.25, -0.2) is 9.29 Å². The molecule has 4 rings (SSSR count). The molecule has 0 saturated heterocycles. The zero-order valence-corrected chi connectivity index (χ0v) is 18.4. The van der Waals surface area contributed by atoms with Crippen molar-refractivity contribution in [3.05, 3.63) is 94.9 Å². The Morgan fingerprint density at radius 1 is 0.848 bits per heavy atom. The normalized spacial score (nSPS) is 13.5. The number of halogens is 1. The van der Waals surface area contributed by atoms with E-state index >= 15 is 0 Å². The number of carbonyl (C=O) groups is 3. The van der Waals surface area contributed by atoms with Crippen molar-refractivity contribution in [3.8, 4) is 0 Å². The molecular formula is C26H22FN3O3. The van der Waals surface area contributed by atoms with Gasteiger partial charge < -0.3 is 10.6 Å². The van der Waals surface area contributed by atoms with E-state index in [-0.39, 0.29) is 17.2 Å². The van der Waals surface area contributed by atoms with E-state index in [0.717, 1.165) is 16.0 Å². The topological polar surface area (TPSA) is 78.5 Å². The number of imide groups is 1. The summed E-state index contributed by atoms with van der Waals surface area (Å²) in [6.07, 6.45) is 0. The van der Waals surface area contributed by atoms with Crippen LogP contribution in [-0.4, -0.2) is 17.7 Å². The van der Waals surface area contributed by atoms with Crippen molar-refractivity contribution in [1.29, 1.82) is 0 Å². The lowest BCUT2D eigenvalue weighted by Crippen LogP contribution is -2.33. The van der Waals surface area contributed by atoms with Crippen molar-refractivity contribution in [2.24, 2.45) is 0 Å². The summed E-state index contributed by atoms with van der Waals surface area (Å²) in [5.41, 5.74) is 4.06. The predicted molar refractivity (Wildman–Crippen MR) is 126 cm³/mol. The molecule has 1 aliphatic rings. The summed E-state index contributed by atoms with van der Waals surface area (Å²) in [4.78, 5) is 39.6. The van der Waals surface area contributed by atoms with Crippen LogP contribution in [-0.2, 0) is 14.4 Å². The molecule has 0 fully saturated rings. The fourth-order valence-electron chi connectivity index (χ4n) is 3.69. The maximum absolute atomic E-state index is 13.6. The number of amides is 3. The van der Waals surface area contributed by atoms with Crippen LogP contribution in [0.25, 0.3) is 5.57 Å². The summed E-state index contributed by atoms with van der Waals surface area (Å²) >= 11 is 0. The lowest BCUT2D eigenvalue weighted by molar-refractivity contribution is -0.120. The monoisotopic (exact) mass is 443 g/mol. The third-order valence-corrected chi connectivity index (χ3v) is 5.30. The van der Waals surface area contributed by atoms with Gasteiger partial charge in [0, 0.05) is 18.3 Å². The summed E-state index contributed by atoms with van der Waals surface area (Å²) in [6.45, 7) is 5.13. The summed E-state index contributed by atoms with van der Waals surface area (Å²) < 4.78 is 13.4. The summed E-state index contributed by atoms with van der Waals surface area (Å²) in [5.74, 6) is -1.59. The van der Waals surface area contributed by atoms with Gasteiger partial charge in [-0.05, 0) is 73.0 Å². The van der Waals surface area contributed by atoms with Gasteiger partial charge >= 0.3 is 0 Å². The Hall–Kier alpha value is -4.26. The van der Waals surface area contributed by atoms with E-state index in [1.54, 1.807) is 30.3 Å². The molecule has 6 nitrogen and oxygen atoms in total. The summed E-state index contributed by atoms with van der Waals surface area (Å²) in [5, 5.41) is 5.69. The Bertz CT molecular complexity index is 1300. The minimum atomic E-state index is -0.501. The first-order valence-electron chi connectivity index (χ1n) is 10.4. The lowest BCUT2D eigenvalue weighted by atomic mass is 10.0. The predicted octanol–water partition coefficient (Wildman–Crippen LogP) is 4.80. The molecule has 2 N–H and O–H groups in total. The molecular weight excluding hydrogens is 421 g/mol. The van der Waals surface area contributed by atoms with Crippen molar-refractivity contribution in [3.63, 3.8) is 0 Å². The number of aryl methyl sites for hydroxylation is 2. The molecule has 0 aliphatic carbocycles. The van der Waals surface area contributed by atoms with Gasteiger partial charge in [0.25, 0.3) is 11.8 Å². The van der Waals surface area contributed by atoms with Gasteiger partial charge in [0.15, 0.2) is 0 Å². The molecule has 0 radical (unpaired) electrons. The molecule has 0 atom stereocenters. The van der Waals surface area contributed by atoms with Gasteiger partial charge in [0.1, 0.15) is 11.5 Å². The van der Waals surface area contributed by atoms with Crippen LogP contribution in [0.15, 0.2) is 72.4 Å². The SMILES string of the molecule is CC(=O)Nc1ccc(C2=C(Nc3ccc(F)cc3)C(=O)N(c3cc(C)ccc3C)C2=O)cc1. The highest BCUT2D eigenvalue weighted by atomic mass is 19.1. The van der Waals surface area contributed by atoms with Gasteiger partial charge in [-0.15, -0.1) is 0 Å². The van der Waals surface area contributed by atoms with E-state index in [1.165, 1.54) is 31.2 Å². The van der Waals surface area contributed by atoms with Gasteiger partial charge in [-0.1, -0.05) is 24.3 Å². The van der Waals surface area contributed by atoms with Crippen molar-refractivity contribution >= 4 is 40.4 Å². The maximum Gasteiger partial charge on any atom is 0.282 e. The molecule has 0 bridgehead atoms. The standard InChI is InChI=1S/C26H22FN3O3/c1-15-4-5-16(2)22(14-15)30-25(32)23(18-6-10-20(11-7-18)28-17(3)31)24(26(30)33)29-21-12-8-19(27)9-13-21/h4-14,29H,1-3H3,(H,28,31). The average Bonchev–Trinajstić information content (AvgIpc) is 3.01. The Kier molecular flexibility index (Phi) is 5.79. The number of rotatable bonds is 5.